The molecule has 0 amide bonds. The molecule has 1 aliphatic carbocycles. The molecule has 0 atom stereocenters. The Morgan fingerprint density at radius 2 is 1.83 bits per heavy atom. The summed E-state index contributed by atoms with van der Waals surface area (Å²) in [5, 5.41) is 0. The first kappa shape index (κ1) is 16.6. The lowest BCUT2D eigenvalue weighted by atomic mass is 9.97. The van der Waals surface area contributed by atoms with E-state index in [0.29, 0.717) is 35.5 Å². The zero-order valence-corrected chi connectivity index (χ0v) is 14.8. The van der Waals surface area contributed by atoms with Crippen molar-refractivity contribution in [2.24, 2.45) is 0 Å². The molecule has 1 aliphatic rings. The van der Waals surface area contributed by atoms with Gasteiger partial charge in [0.05, 0.1) is 18.0 Å². The van der Waals surface area contributed by atoms with Gasteiger partial charge in [-0.05, 0) is 44.1 Å². The van der Waals surface area contributed by atoms with Crippen molar-refractivity contribution in [1.29, 1.82) is 0 Å². The summed E-state index contributed by atoms with van der Waals surface area (Å²) < 4.78 is 5.14. The number of aryl methyl sites for hydroxylation is 2. The van der Waals surface area contributed by atoms with Crippen LogP contribution in [0.25, 0.3) is 11.4 Å². The third kappa shape index (κ3) is 3.05. The Morgan fingerprint density at radius 1 is 1.17 bits per heavy atom. The van der Waals surface area contributed by atoms with Crippen LogP contribution in [0.15, 0.2) is 24.3 Å². The molecule has 1 aromatic carbocycles. The molecule has 2 aromatic rings. The van der Waals surface area contributed by atoms with Crippen molar-refractivity contribution < 1.29 is 9.53 Å². The lowest BCUT2D eigenvalue weighted by Gasteiger charge is -2.13. The monoisotopic (exact) mass is 324 g/mol. The van der Waals surface area contributed by atoms with Gasteiger partial charge >= 0.3 is 5.97 Å². The summed E-state index contributed by atoms with van der Waals surface area (Å²) >= 11 is 0. The van der Waals surface area contributed by atoms with Gasteiger partial charge in [-0.1, -0.05) is 38.1 Å². The van der Waals surface area contributed by atoms with E-state index >= 15 is 0 Å². The number of ether oxygens (including phenoxy) is 1. The summed E-state index contributed by atoms with van der Waals surface area (Å²) in [6, 6.07) is 8.51. The van der Waals surface area contributed by atoms with Crippen LogP contribution in [0.1, 0.15) is 60.9 Å². The van der Waals surface area contributed by atoms with Crippen LogP contribution in [0.3, 0.4) is 0 Å². The van der Waals surface area contributed by atoms with E-state index in [9.17, 15) is 4.79 Å². The van der Waals surface area contributed by atoms with Gasteiger partial charge in [0, 0.05) is 5.56 Å². The number of carbonyl (C=O) groups is 1. The Kier molecular flexibility index (Phi) is 4.39. The smallest absolute Gasteiger partial charge is 0.341 e. The molecule has 0 unspecified atom stereocenters. The van der Waals surface area contributed by atoms with Gasteiger partial charge in [-0.3, -0.25) is 0 Å². The standard InChI is InChI=1S/C20H24N2O2/c1-5-16-17(19(23)24-6-2)13(3)21-18(22-16)14-7-9-15(10-8-14)20(4)11-12-20/h7-10H,5-6,11-12H2,1-4H3. The van der Waals surface area contributed by atoms with Crippen LogP contribution in [0.2, 0.25) is 0 Å². The minimum absolute atomic E-state index is 0.338. The SMILES string of the molecule is CCOC(=O)c1c(C)nc(-c2ccc(C3(C)CC3)cc2)nc1CC. The molecule has 3 rings (SSSR count). The minimum atomic E-state index is -0.338. The summed E-state index contributed by atoms with van der Waals surface area (Å²) in [4.78, 5) is 21.3. The van der Waals surface area contributed by atoms with Crippen molar-refractivity contribution in [1.82, 2.24) is 9.97 Å². The van der Waals surface area contributed by atoms with Gasteiger partial charge in [0.25, 0.3) is 0 Å². The molecular weight excluding hydrogens is 300 g/mol. The average molecular weight is 324 g/mol. The van der Waals surface area contributed by atoms with Gasteiger partial charge in [-0.25, -0.2) is 14.8 Å². The fourth-order valence-corrected chi connectivity index (χ4v) is 2.98. The van der Waals surface area contributed by atoms with Gasteiger partial charge in [0.15, 0.2) is 5.82 Å². The summed E-state index contributed by atoms with van der Waals surface area (Å²) in [7, 11) is 0. The molecule has 4 heteroatoms. The molecule has 1 saturated carbocycles. The minimum Gasteiger partial charge on any atom is -0.462 e. The van der Waals surface area contributed by atoms with E-state index in [1.54, 1.807) is 6.92 Å². The molecule has 4 nitrogen and oxygen atoms in total. The van der Waals surface area contributed by atoms with E-state index in [4.69, 9.17) is 4.74 Å². The van der Waals surface area contributed by atoms with E-state index in [2.05, 4.69) is 41.2 Å². The Labute approximate surface area is 143 Å². The molecule has 1 fully saturated rings. The predicted molar refractivity (Wildman–Crippen MR) is 94.1 cm³/mol. The highest BCUT2D eigenvalue weighted by atomic mass is 16.5. The van der Waals surface area contributed by atoms with Crippen LogP contribution in [0, 0.1) is 6.92 Å². The number of nitrogens with zero attached hydrogens (tertiary/aromatic N) is 2. The molecule has 1 heterocycles. The van der Waals surface area contributed by atoms with Crippen molar-refractivity contribution in [3.63, 3.8) is 0 Å². The molecule has 126 valence electrons. The number of aromatic nitrogens is 2. The zero-order chi connectivity index (χ0) is 17.3. The van der Waals surface area contributed by atoms with Crippen LogP contribution in [0.4, 0.5) is 0 Å². The first-order chi connectivity index (χ1) is 11.5. The number of hydrogen-bond acceptors (Lipinski definition) is 4. The molecule has 1 aromatic heterocycles. The highest BCUT2D eigenvalue weighted by Crippen LogP contribution is 2.47. The van der Waals surface area contributed by atoms with Crippen molar-refractivity contribution in [3.8, 4) is 11.4 Å². The second kappa shape index (κ2) is 6.34. The lowest BCUT2D eigenvalue weighted by molar-refractivity contribution is 0.0523. The first-order valence-corrected chi connectivity index (χ1v) is 8.64. The van der Waals surface area contributed by atoms with Crippen molar-refractivity contribution >= 4 is 5.97 Å². The maximum atomic E-state index is 12.2. The molecule has 0 N–H and O–H groups in total. The van der Waals surface area contributed by atoms with Crippen molar-refractivity contribution in [3.05, 3.63) is 46.8 Å². The van der Waals surface area contributed by atoms with Crippen molar-refractivity contribution in [2.45, 2.75) is 52.4 Å². The lowest BCUT2D eigenvalue weighted by Crippen LogP contribution is -2.14. The third-order valence-electron chi connectivity index (χ3n) is 4.82. The molecule has 0 bridgehead atoms. The van der Waals surface area contributed by atoms with E-state index in [-0.39, 0.29) is 5.97 Å². The number of rotatable bonds is 5. The van der Waals surface area contributed by atoms with Crippen molar-refractivity contribution in [2.75, 3.05) is 6.61 Å². The quantitative estimate of drug-likeness (QED) is 0.772. The topological polar surface area (TPSA) is 52.1 Å². The van der Waals surface area contributed by atoms with Gasteiger partial charge in [0.2, 0.25) is 0 Å². The second-order valence-electron chi connectivity index (χ2n) is 6.67. The maximum absolute atomic E-state index is 12.2. The fraction of sp³-hybridized carbons (Fsp3) is 0.450. The second-order valence-corrected chi connectivity index (χ2v) is 6.67. The molecule has 0 saturated heterocycles. The predicted octanol–water partition coefficient (Wildman–Crippen LogP) is 4.24. The Balaban J connectivity index is 1.96. The highest BCUT2D eigenvalue weighted by molar-refractivity contribution is 5.92. The summed E-state index contributed by atoms with van der Waals surface area (Å²) in [5.41, 5.74) is 4.64. The van der Waals surface area contributed by atoms with E-state index in [1.165, 1.54) is 18.4 Å². The Morgan fingerprint density at radius 3 is 2.38 bits per heavy atom. The van der Waals surface area contributed by atoms with Gasteiger partial charge in [-0.15, -0.1) is 0 Å². The molecule has 24 heavy (non-hydrogen) atoms. The summed E-state index contributed by atoms with van der Waals surface area (Å²) in [6.07, 6.45) is 3.19. The number of esters is 1. The van der Waals surface area contributed by atoms with Gasteiger partial charge in [0.1, 0.15) is 5.56 Å². The van der Waals surface area contributed by atoms with E-state index in [1.807, 2.05) is 13.8 Å². The van der Waals surface area contributed by atoms with Crippen LogP contribution < -0.4 is 0 Å². The Bertz CT molecular complexity index is 762. The van der Waals surface area contributed by atoms with Crippen LogP contribution in [0.5, 0.6) is 0 Å². The van der Waals surface area contributed by atoms with E-state index in [0.717, 1.165) is 11.3 Å². The number of hydrogen-bond donors (Lipinski definition) is 0. The number of carbonyl (C=O) groups excluding carboxylic acids is 1. The molecule has 0 spiro atoms. The average Bonchev–Trinajstić information content (AvgIpc) is 3.33. The Hall–Kier alpha value is -2.23. The number of benzene rings is 1. The van der Waals surface area contributed by atoms with Gasteiger partial charge in [-0.2, -0.15) is 0 Å². The van der Waals surface area contributed by atoms with Crippen LogP contribution >= 0.6 is 0 Å². The zero-order valence-electron chi connectivity index (χ0n) is 14.8. The first-order valence-electron chi connectivity index (χ1n) is 8.64. The summed E-state index contributed by atoms with van der Waals surface area (Å²) in [6.45, 7) is 8.28. The molecule has 0 aliphatic heterocycles. The van der Waals surface area contributed by atoms with Crippen LogP contribution in [-0.2, 0) is 16.6 Å². The summed E-state index contributed by atoms with van der Waals surface area (Å²) in [5.74, 6) is 0.334. The molecule has 0 radical (unpaired) electrons. The molecular formula is C20H24N2O2. The maximum Gasteiger partial charge on any atom is 0.341 e. The fourth-order valence-electron chi connectivity index (χ4n) is 2.98. The third-order valence-corrected chi connectivity index (χ3v) is 4.82. The van der Waals surface area contributed by atoms with E-state index < -0.39 is 0 Å². The normalized spacial score (nSPS) is 15.2. The highest BCUT2D eigenvalue weighted by Gasteiger charge is 2.38. The van der Waals surface area contributed by atoms with Gasteiger partial charge < -0.3 is 4.74 Å². The largest absolute Gasteiger partial charge is 0.462 e. The van der Waals surface area contributed by atoms with Crippen LogP contribution in [-0.4, -0.2) is 22.5 Å².